The Kier molecular flexibility index (Phi) is 2.69. The summed E-state index contributed by atoms with van der Waals surface area (Å²) in [6, 6.07) is 6.76. The van der Waals surface area contributed by atoms with Crippen molar-refractivity contribution in [2.45, 2.75) is 17.2 Å². The molecule has 3 rings (SSSR count). The van der Waals surface area contributed by atoms with Crippen LogP contribution in [0.2, 0.25) is 0 Å². The zero-order chi connectivity index (χ0) is 13.7. The normalized spacial score (nSPS) is 32.1. The number of hydrogen-bond donors (Lipinski definition) is 2. The first-order chi connectivity index (χ1) is 8.97. The van der Waals surface area contributed by atoms with Crippen LogP contribution in [0.5, 0.6) is 0 Å². The number of rotatable bonds is 2. The van der Waals surface area contributed by atoms with Crippen molar-refractivity contribution in [2.75, 3.05) is 18.8 Å². The van der Waals surface area contributed by atoms with E-state index in [0.29, 0.717) is 30.0 Å². The van der Waals surface area contributed by atoms with Crippen molar-refractivity contribution >= 4 is 15.8 Å². The van der Waals surface area contributed by atoms with Crippen LogP contribution >= 0.6 is 0 Å². The zero-order valence-corrected chi connectivity index (χ0v) is 11.1. The van der Waals surface area contributed by atoms with Gasteiger partial charge in [0.25, 0.3) is 0 Å². The van der Waals surface area contributed by atoms with E-state index in [4.69, 9.17) is 0 Å². The van der Waals surface area contributed by atoms with E-state index in [0.717, 1.165) is 0 Å². The number of hydrogen-bond acceptors (Lipinski definition) is 4. The molecule has 1 aromatic carbocycles. The summed E-state index contributed by atoms with van der Waals surface area (Å²) in [5.41, 5.74) is -0.340. The van der Waals surface area contributed by atoms with E-state index in [1.54, 1.807) is 24.3 Å². The molecule has 19 heavy (non-hydrogen) atoms. The number of carbonyl (C=O) groups is 1. The van der Waals surface area contributed by atoms with Crippen molar-refractivity contribution < 1.29 is 18.3 Å². The Morgan fingerprint density at radius 3 is 2.74 bits per heavy atom. The Balaban J connectivity index is 2.16. The van der Waals surface area contributed by atoms with Crippen molar-refractivity contribution in [2.24, 2.45) is 5.41 Å². The topological polar surface area (TPSA) is 83.5 Å². The number of carboxylic acid groups (broad SMARTS) is 1. The quantitative estimate of drug-likeness (QED) is 0.830. The van der Waals surface area contributed by atoms with E-state index >= 15 is 0 Å². The summed E-state index contributed by atoms with van der Waals surface area (Å²) < 4.78 is 24.3. The molecule has 0 aliphatic carbocycles. The van der Waals surface area contributed by atoms with Crippen LogP contribution in [0, 0.1) is 5.41 Å². The molecule has 2 heterocycles. The molecule has 0 aromatic heterocycles. The van der Waals surface area contributed by atoms with Gasteiger partial charge >= 0.3 is 5.97 Å². The second-order valence-corrected chi connectivity index (χ2v) is 7.26. The number of sulfone groups is 1. The summed E-state index contributed by atoms with van der Waals surface area (Å²) in [4.78, 5) is 12.0. The van der Waals surface area contributed by atoms with Gasteiger partial charge < -0.3 is 10.4 Å². The lowest BCUT2D eigenvalue weighted by Gasteiger charge is -2.29. The lowest BCUT2D eigenvalue weighted by atomic mass is 9.72. The minimum Gasteiger partial charge on any atom is -0.481 e. The lowest BCUT2D eigenvalue weighted by molar-refractivity contribution is -0.148. The van der Waals surface area contributed by atoms with Crippen LogP contribution < -0.4 is 5.32 Å². The molecule has 6 heteroatoms. The van der Waals surface area contributed by atoms with Crippen molar-refractivity contribution in [3.8, 4) is 0 Å². The third-order valence-corrected chi connectivity index (χ3v) is 6.11. The van der Waals surface area contributed by atoms with Gasteiger partial charge in [-0.05, 0) is 24.6 Å². The van der Waals surface area contributed by atoms with Crippen LogP contribution in [0.25, 0.3) is 0 Å². The van der Waals surface area contributed by atoms with Crippen LogP contribution in [0.4, 0.5) is 0 Å². The second-order valence-electron chi connectivity index (χ2n) is 5.26. The monoisotopic (exact) mass is 281 g/mol. The van der Waals surface area contributed by atoms with Gasteiger partial charge in [0, 0.05) is 12.5 Å². The van der Waals surface area contributed by atoms with Crippen LogP contribution in [0.3, 0.4) is 0 Å². The van der Waals surface area contributed by atoms with Crippen molar-refractivity contribution in [1.82, 2.24) is 5.32 Å². The molecule has 0 saturated carbocycles. The third kappa shape index (κ3) is 1.70. The molecule has 2 N–H and O–H groups in total. The fraction of sp³-hybridized carbons (Fsp3) is 0.462. The SMILES string of the molecule is O=C(O)C1(C2CS(=O)(=O)c3ccccc32)CCNC1. The molecule has 0 bridgehead atoms. The number of benzene rings is 1. The molecule has 1 saturated heterocycles. The van der Waals surface area contributed by atoms with E-state index in [-0.39, 0.29) is 5.75 Å². The first kappa shape index (κ1) is 12.6. The predicted octanol–water partition coefficient (Wildman–Crippen LogP) is 0.622. The standard InChI is InChI=1S/C13H15NO4S/c15-12(16)13(5-6-14-8-13)10-7-19(17,18)11-4-2-1-3-9(10)11/h1-4,10,14H,5-8H2,(H,15,16). The smallest absolute Gasteiger partial charge is 0.311 e. The minimum absolute atomic E-state index is 0.0969. The number of fused-ring (bicyclic) bond motifs is 1. The highest BCUT2D eigenvalue weighted by atomic mass is 32.2. The molecular formula is C13H15NO4S. The molecule has 2 atom stereocenters. The maximum absolute atomic E-state index is 12.2. The first-order valence-electron chi connectivity index (χ1n) is 6.23. The molecular weight excluding hydrogens is 266 g/mol. The number of carboxylic acids is 1. The molecule has 0 radical (unpaired) electrons. The van der Waals surface area contributed by atoms with Gasteiger partial charge in [0.2, 0.25) is 0 Å². The average molecular weight is 281 g/mol. The number of aliphatic carboxylic acids is 1. The predicted molar refractivity (Wildman–Crippen MR) is 68.8 cm³/mol. The van der Waals surface area contributed by atoms with Crippen LogP contribution in [0.15, 0.2) is 29.2 Å². The molecule has 102 valence electrons. The van der Waals surface area contributed by atoms with Crippen LogP contribution in [0.1, 0.15) is 17.9 Å². The minimum atomic E-state index is -3.35. The maximum atomic E-state index is 12.2. The molecule has 5 nitrogen and oxygen atoms in total. The molecule has 2 unspecified atom stereocenters. The van der Waals surface area contributed by atoms with Gasteiger partial charge in [0.15, 0.2) is 9.84 Å². The highest BCUT2D eigenvalue weighted by molar-refractivity contribution is 7.91. The van der Waals surface area contributed by atoms with E-state index in [1.807, 2.05) is 0 Å². The lowest BCUT2D eigenvalue weighted by Crippen LogP contribution is -2.40. The van der Waals surface area contributed by atoms with Crippen molar-refractivity contribution in [3.63, 3.8) is 0 Å². The van der Waals surface area contributed by atoms with E-state index < -0.39 is 27.1 Å². The Morgan fingerprint density at radius 2 is 2.11 bits per heavy atom. The summed E-state index contributed by atoms with van der Waals surface area (Å²) in [6.07, 6.45) is 0.469. The van der Waals surface area contributed by atoms with Gasteiger partial charge in [-0.25, -0.2) is 8.42 Å². The molecule has 2 aliphatic rings. The summed E-state index contributed by atoms with van der Waals surface area (Å²) in [5, 5.41) is 12.6. The third-order valence-electron chi connectivity index (χ3n) is 4.30. The Morgan fingerprint density at radius 1 is 1.37 bits per heavy atom. The Bertz CT molecular complexity index is 632. The summed E-state index contributed by atoms with van der Waals surface area (Å²) in [7, 11) is -3.35. The summed E-state index contributed by atoms with van der Waals surface area (Å²) in [6.45, 7) is 0.946. The van der Waals surface area contributed by atoms with Gasteiger partial charge in [-0.1, -0.05) is 18.2 Å². The van der Waals surface area contributed by atoms with Gasteiger partial charge in [-0.3, -0.25) is 4.79 Å². The highest BCUT2D eigenvalue weighted by Crippen LogP contribution is 2.48. The Hall–Kier alpha value is -1.40. The molecule has 1 fully saturated rings. The van der Waals surface area contributed by atoms with Gasteiger partial charge in [0.05, 0.1) is 16.1 Å². The molecule has 0 amide bonds. The van der Waals surface area contributed by atoms with E-state index in [1.165, 1.54) is 0 Å². The largest absolute Gasteiger partial charge is 0.481 e. The fourth-order valence-electron chi connectivity index (χ4n) is 3.25. The van der Waals surface area contributed by atoms with Crippen molar-refractivity contribution in [3.05, 3.63) is 29.8 Å². The molecule has 1 aromatic rings. The Labute approximate surface area is 111 Å². The highest BCUT2D eigenvalue weighted by Gasteiger charge is 2.53. The summed E-state index contributed by atoms with van der Waals surface area (Å²) in [5.74, 6) is -1.46. The fourth-order valence-corrected chi connectivity index (χ4v) is 5.22. The van der Waals surface area contributed by atoms with E-state index in [2.05, 4.69) is 5.32 Å². The maximum Gasteiger partial charge on any atom is 0.311 e. The summed E-state index contributed by atoms with van der Waals surface area (Å²) >= 11 is 0. The second kappa shape index (κ2) is 4.05. The van der Waals surface area contributed by atoms with Crippen LogP contribution in [-0.2, 0) is 14.6 Å². The van der Waals surface area contributed by atoms with Gasteiger partial charge in [-0.15, -0.1) is 0 Å². The first-order valence-corrected chi connectivity index (χ1v) is 7.88. The zero-order valence-electron chi connectivity index (χ0n) is 10.3. The average Bonchev–Trinajstić information content (AvgIpc) is 2.95. The van der Waals surface area contributed by atoms with E-state index in [9.17, 15) is 18.3 Å². The molecule has 2 aliphatic heterocycles. The molecule has 0 spiro atoms. The van der Waals surface area contributed by atoms with Crippen LogP contribution in [-0.4, -0.2) is 38.3 Å². The van der Waals surface area contributed by atoms with Crippen molar-refractivity contribution in [1.29, 1.82) is 0 Å². The van der Waals surface area contributed by atoms with Gasteiger partial charge in [0.1, 0.15) is 0 Å². The number of nitrogens with one attached hydrogen (secondary N) is 1. The van der Waals surface area contributed by atoms with Gasteiger partial charge in [-0.2, -0.15) is 0 Å².